The van der Waals surface area contributed by atoms with Gasteiger partial charge in [-0.25, -0.2) is 4.98 Å². The fourth-order valence-electron chi connectivity index (χ4n) is 3.06. The predicted octanol–water partition coefficient (Wildman–Crippen LogP) is 4.93. The van der Waals surface area contributed by atoms with Gasteiger partial charge in [-0.2, -0.15) is 11.3 Å². The van der Waals surface area contributed by atoms with E-state index < -0.39 is 0 Å². The molecule has 2 heterocycles. The molecule has 4 heteroatoms. The quantitative estimate of drug-likeness (QED) is 0.864. The Bertz CT molecular complexity index is 538. The molecule has 3 rings (SSSR count). The molecular weight excluding hydrogens is 266 g/mol. The van der Waals surface area contributed by atoms with Gasteiger partial charge in [0.15, 0.2) is 0 Å². The van der Waals surface area contributed by atoms with Crippen molar-refractivity contribution < 1.29 is 0 Å². The van der Waals surface area contributed by atoms with Crippen molar-refractivity contribution >= 4 is 17.3 Å². The topological polar surface area (TPSA) is 29.9 Å². The minimum absolute atomic E-state index is 0.311. The van der Waals surface area contributed by atoms with Gasteiger partial charge in [-0.15, -0.1) is 0 Å². The van der Waals surface area contributed by atoms with Gasteiger partial charge >= 0.3 is 0 Å². The number of nitrogens with one attached hydrogen (secondary N) is 1. The molecule has 0 radical (unpaired) electrons. The second-order valence-corrected chi connectivity index (χ2v) is 6.61. The van der Waals surface area contributed by atoms with Crippen LogP contribution in [0.1, 0.15) is 62.4 Å². The minimum Gasteiger partial charge on any atom is -0.349 e. The van der Waals surface area contributed by atoms with Crippen molar-refractivity contribution in [1.82, 2.24) is 9.55 Å². The molecule has 0 aromatic carbocycles. The van der Waals surface area contributed by atoms with Crippen molar-refractivity contribution in [1.29, 1.82) is 0 Å². The number of anilines is 1. The Kier molecular flexibility index (Phi) is 4.10. The Morgan fingerprint density at radius 2 is 2.15 bits per heavy atom. The van der Waals surface area contributed by atoms with E-state index in [4.69, 9.17) is 4.98 Å². The van der Waals surface area contributed by atoms with E-state index in [2.05, 4.69) is 46.8 Å². The fourth-order valence-corrected chi connectivity index (χ4v) is 3.81. The van der Waals surface area contributed by atoms with E-state index in [0.29, 0.717) is 12.1 Å². The summed E-state index contributed by atoms with van der Waals surface area (Å²) in [6, 6.07) is 3.12. The van der Waals surface area contributed by atoms with Gasteiger partial charge in [-0.3, -0.25) is 0 Å². The molecule has 1 unspecified atom stereocenters. The highest BCUT2D eigenvalue weighted by atomic mass is 32.1. The molecule has 1 saturated carbocycles. The van der Waals surface area contributed by atoms with Gasteiger partial charge in [0, 0.05) is 12.2 Å². The zero-order chi connectivity index (χ0) is 13.9. The fraction of sp³-hybridized carbons (Fsp3) is 0.562. The lowest BCUT2D eigenvalue weighted by atomic mass is 9.95. The molecule has 2 aromatic rings. The van der Waals surface area contributed by atoms with Gasteiger partial charge in [-0.1, -0.05) is 19.3 Å². The molecule has 1 aliphatic rings. The van der Waals surface area contributed by atoms with E-state index in [0.717, 1.165) is 11.6 Å². The second-order valence-electron chi connectivity index (χ2n) is 5.83. The van der Waals surface area contributed by atoms with Crippen LogP contribution in [-0.4, -0.2) is 9.55 Å². The van der Waals surface area contributed by atoms with Crippen LogP contribution in [0, 0.1) is 6.92 Å². The molecule has 20 heavy (non-hydrogen) atoms. The summed E-state index contributed by atoms with van der Waals surface area (Å²) in [5.41, 5.74) is 2.45. The molecule has 1 fully saturated rings. The predicted molar refractivity (Wildman–Crippen MR) is 85.4 cm³/mol. The molecule has 0 amide bonds. The summed E-state index contributed by atoms with van der Waals surface area (Å²) in [7, 11) is 0. The zero-order valence-electron chi connectivity index (χ0n) is 12.3. The van der Waals surface area contributed by atoms with Gasteiger partial charge in [0.25, 0.3) is 0 Å². The first-order valence-electron chi connectivity index (χ1n) is 7.58. The third-order valence-electron chi connectivity index (χ3n) is 4.21. The number of hydrogen-bond acceptors (Lipinski definition) is 3. The van der Waals surface area contributed by atoms with Crippen molar-refractivity contribution in [2.24, 2.45) is 0 Å². The lowest BCUT2D eigenvalue weighted by Gasteiger charge is -2.25. The van der Waals surface area contributed by atoms with Crippen molar-refractivity contribution in [3.8, 4) is 0 Å². The Balaban J connectivity index is 1.78. The average molecular weight is 289 g/mol. The highest BCUT2D eigenvalue weighted by molar-refractivity contribution is 7.07. The number of nitrogens with zero attached hydrogens (tertiary/aromatic N) is 2. The van der Waals surface area contributed by atoms with Crippen LogP contribution >= 0.6 is 11.3 Å². The minimum atomic E-state index is 0.311. The first-order valence-corrected chi connectivity index (χ1v) is 8.52. The average Bonchev–Trinajstić information content (AvgIpc) is 3.09. The van der Waals surface area contributed by atoms with E-state index in [1.807, 2.05) is 0 Å². The lowest BCUT2D eigenvalue weighted by Crippen LogP contribution is -2.17. The van der Waals surface area contributed by atoms with Crippen LogP contribution in [-0.2, 0) is 0 Å². The normalized spacial score (nSPS) is 18.1. The number of aromatic nitrogens is 2. The summed E-state index contributed by atoms with van der Waals surface area (Å²) in [4.78, 5) is 4.69. The van der Waals surface area contributed by atoms with E-state index >= 15 is 0 Å². The number of aryl methyl sites for hydroxylation is 1. The maximum absolute atomic E-state index is 4.69. The third kappa shape index (κ3) is 2.90. The van der Waals surface area contributed by atoms with Crippen molar-refractivity contribution in [2.75, 3.05) is 5.32 Å². The van der Waals surface area contributed by atoms with Crippen LogP contribution < -0.4 is 5.32 Å². The molecule has 2 aromatic heterocycles. The summed E-state index contributed by atoms with van der Waals surface area (Å²) in [6.07, 6.45) is 8.87. The van der Waals surface area contributed by atoms with Crippen LogP contribution in [0.5, 0.6) is 0 Å². The highest BCUT2D eigenvalue weighted by Crippen LogP contribution is 2.32. The Morgan fingerprint density at radius 3 is 2.85 bits per heavy atom. The molecule has 0 bridgehead atoms. The van der Waals surface area contributed by atoms with E-state index in [1.54, 1.807) is 11.3 Å². The van der Waals surface area contributed by atoms with E-state index in [9.17, 15) is 0 Å². The van der Waals surface area contributed by atoms with Crippen molar-refractivity contribution in [3.05, 3.63) is 34.3 Å². The van der Waals surface area contributed by atoms with Crippen molar-refractivity contribution in [3.63, 3.8) is 0 Å². The first-order chi connectivity index (χ1) is 9.74. The van der Waals surface area contributed by atoms with Gasteiger partial charge in [0.2, 0.25) is 5.95 Å². The standard InChI is InChI=1S/C16H23N3S/c1-12-10-19(15-6-4-3-5-7-15)16(17-12)18-13(2)14-8-9-20-11-14/h8-11,13,15H,3-7H2,1-2H3,(H,17,18). The molecule has 1 atom stereocenters. The highest BCUT2D eigenvalue weighted by Gasteiger charge is 2.20. The van der Waals surface area contributed by atoms with E-state index in [-0.39, 0.29) is 0 Å². The Hall–Kier alpha value is -1.29. The molecule has 0 aliphatic heterocycles. The molecule has 1 N–H and O–H groups in total. The largest absolute Gasteiger partial charge is 0.349 e. The number of hydrogen-bond donors (Lipinski definition) is 1. The molecule has 0 saturated heterocycles. The van der Waals surface area contributed by atoms with E-state index in [1.165, 1.54) is 37.7 Å². The monoisotopic (exact) mass is 289 g/mol. The summed E-state index contributed by atoms with van der Waals surface area (Å²) in [5.74, 6) is 1.04. The zero-order valence-corrected chi connectivity index (χ0v) is 13.1. The lowest BCUT2D eigenvalue weighted by molar-refractivity contribution is 0.355. The summed E-state index contributed by atoms with van der Waals surface area (Å²) < 4.78 is 2.37. The molecular formula is C16H23N3S. The third-order valence-corrected chi connectivity index (χ3v) is 4.91. The second kappa shape index (κ2) is 6.00. The number of thiophene rings is 1. The van der Waals surface area contributed by atoms with Crippen LogP contribution in [0.4, 0.5) is 5.95 Å². The van der Waals surface area contributed by atoms with Crippen LogP contribution in [0.3, 0.4) is 0 Å². The van der Waals surface area contributed by atoms with Gasteiger partial charge in [-0.05, 0) is 49.1 Å². The van der Waals surface area contributed by atoms with Gasteiger partial charge in [0.1, 0.15) is 0 Å². The first kappa shape index (κ1) is 13.7. The van der Waals surface area contributed by atoms with Crippen LogP contribution in [0.15, 0.2) is 23.0 Å². The molecule has 108 valence electrons. The summed E-state index contributed by atoms with van der Waals surface area (Å²) >= 11 is 1.75. The Labute approximate surface area is 125 Å². The number of imidazole rings is 1. The maximum atomic E-state index is 4.69. The van der Waals surface area contributed by atoms with Gasteiger partial charge < -0.3 is 9.88 Å². The summed E-state index contributed by atoms with van der Waals surface area (Å²) in [6.45, 7) is 4.29. The van der Waals surface area contributed by atoms with Gasteiger partial charge in [0.05, 0.1) is 11.7 Å². The molecule has 1 aliphatic carbocycles. The van der Waals surface area contributed by atoms with Crippen LogP contribution in [0.25, 0.3) is 0 Å². The maximum Gasteiger partial charge on any atom is 0.203 e. The van der Waals surface area contributed by atoms with Crippen molar-refractivity contribution in [2.45, 2.75) is 58.0 Å². The number of rotatable bonds is 4. The molecule has 0 spiro atoms. The van der Waals surface area contributed by atoms with Crippen LogP contribution in [0.2, 0.25) is 0 Å². The summed E-state index contributed by atoms with van der Waals surface area (Å²) in [5, 5.41) is 7.93. The SMILES string of the molecule is Cc1cn(C2CCCCC2)c(NC(C)c2ccsc2)n1. The Morgan fingerprint density at radius 1 is 1.35 bits per heavy atom. The smallest absolute Gasteiger partial charge is 0.203 e. The molecule has 3 nitrogen and oxygen atoms in total.